The lowest BCUT2D eigenvalue weighted by molar-refractivity contribution is 0.0922. The summed E-state index contributed by atoms with van der Waals surface area (Å²) in [6.07, 6.45) is 1.67. The Morgan fingerprint density at radius 1 is 1.15 bits per heavy atom. The third kappa shape index (κ3) is 4.79. The molecule has 0 bridgehead atoms. The Morgan fingerprint density at radius 2 is 1.85 bits per heavy atom. The second kappa shape index (κ2) is 8.27. The van der Waals surface area contributed by atoms with Crippen molar-refractivity contribution in [2.45, 2.75) is 25.8 Å². The molecule has 6 heteroatoms. The van der Waals surface area contributed by atoms with E-state index in [1.807, 2.05) is 31.2 Å². The summed E-state index contributed by atoms with van der Waals surface area (Å²) in [6, 6.07) is 13.9. The van der Waals surface area contributed by atoms with Gasteiger partial charge in [0.2, 0.25) is 0 Å². The molecule has 1 heterocycles. The first-order valence-corrected chi connectivity index (χ1v) is 9.11. The van der Waals surface area contributed by atoms with Crippen LogP contribution in [0.5, 0.6) is 0 Å². The van der Waals surface area contributed by atoms with Gasteiger partial charge in [-0.15, -0.1) is 0 Å². The number of piperidine rings is 1. The fourth-order valence-corrected chi connectivity index (χ4v) is 3.32. The molecule has 1 saturated heterocycles. The van der Waals surface area contributed by atoms with Crippen LogP contribution in [0.2, 0.25) is 0 Å². The normalized spacial score (nSPS) is 14.8. The molecular weight excluding hydrogens is 349 g/mol. The first-order chi connectivity index (χ1) is 12.5. The van der Waals surface area contributed by atoms with E-state index in [0.29, 0.717) is 10.7 Å². The average molecular weight is 371 g/mol. The number of nitrogens with one attached hydrogen (secondary N) is 2. The topological polar surface area (TPSA) is 44.4 Å². The van der Waals surface area contributed by atoms with Crippen LogP contribution >= 0.6 is 12.2 Å². The quantitative estimate of drug-likeness (QED) is 0.807. The molecule has 1 aliphatic rings. The Hall–Kier alpha value is -2.47. The molecule has 4 nitrogen and oxygen atoms in total. The van der Waals surface area contributed by atoms with E-state index in [1.54, 1.807) is 12.1 Å². The van der Waals surface area contributed by atoms with E-state index >= 15 is 0 Å². The van der Waals surface area contributed by atoms with Crippen molar-refractivity contribution in [1.82, 2.24) is 10.2 Å². The molecule has 136 valence electrons. The standard InChI is InChI=1S/C20H22FN3OS/c1-14-3-2-4-15(13-14)19(25)22-18-9-11-24(12-10-18)20(26)23-17-7-5-16(21)6-8-17/h2-8,13,18H,9-12H2,1H3,(H,22,25)(H,23,26). The molecule has 0 unspecified atom stereocenters. The molecule has 1 amide bonds. The van der Waals surface area contributed by atoms with Gasteiger partial charge >= 0.3 is 0 Å². The van der Waals surface area contributed by atoms with E-state index in [2.05, 4.69) is 15.5 Å². The highest BCUT2D eigenvalue weighted by molar-refractivity contribution is 7.80. The van der Waals surface area contributed by atoms with Gasteiger partial charge in [0.1, 0.15) is 5.82 Å². The minimum absolute atomic E-state index is 0.0286. The Labute approximate surface area is 158 Å². The van der Waals surface area contributed by atoms with Crippen LogP contribution in [0.25, 0.3) is 0 Å². The Balaban J connectivity index is 1.48. The van der Waals surface area contributed by atoms with E-state index in [9.17, 15) is 9.18 Å². The summed E-state index contributed by atoms with van der Waals surface area (Å²) in [7, 11) is 0. The molecule has 0 radical (unpaired) electrons. The van der Waals surface area contributed by atoms with Crippen LogP contribution in [0, 0.1) is 12.7 Å². The number of hydrogen-bond donors (Lipinski definition) is 2. The molecule has 1 fully saturated rings. The van der Waals surface area contributed by atoms with Crippen LogP contribution in [-0.2, 0) is 0 Å². The summed E-state index contributed by atoms with van der Waals surface area (Å²) >= 11 is 5.44. The molecule has 0 aliphatic carbocycles. The maximum Gasteiger partial charge on any atom is 0.251 e. The minimum Gasteiger partial charge on any atom is -0.349 e. The van der Waals surface area contributed by atoms with Crippen LogP contribution in [-0.4, -0.2) is 35.1 Å². The largest absolute Gasteiger partial charge is 0.349 e. The molecule has 2 aromatic carbocycles. The maximum atomic E-state index is 13.0. The lowest BCUT2D eigenvalue weighted by atomic mass is 10.0. The first kappa shape index (κ1) is 18.3. The van der Waals surface area contributed by atoms with E-state index in [-0.39, 0.29) is 17.8 Å². The van der Waals surface area contributed by atoms with Crippen molar-refractivity contribution < 1.29 is 9.18 Å². The average Bonchev–Trinajstić information content (AvgIpc) is 2.64. The van der Waals surface area contributed by atoms with E-state index < -0.39 is 0 Å². The number of nitrogens with zero attached hydrogens (tertiary/aromatic N) is 1. The van der Waals surface area contributed by atoms with Gasteiger partial charge in [0, 0.05) is 30.4 Å². The SMILES string of the molecule is Cc1cccc(C(=O)NC2CCN(C(=S)Nc3ccc(F)cc3)CC2)c1. The number of amides is 1. The molecule has 3 rings (SSSR count). The number of carbonyl (C=O) groups excluding carboxylic acids is 1. The van der Waals surface area contributed by atoms with Crippen molar-refractivity contribution >= 4 is 28.9 Å². The Bertz CT molecular complexity index is 786. The van der Waals surface area contributed by atoms with Gasteiger partial charge in [0.25, 0.3) is 5.91 Å². The molecule has 1 aliphatic heterocycles. The molecule has 0 aromatic heterocycles. The molecule has 2 aromatic rings. The van der Waals surface area contributed by atoms with Crippen molar-refractivity contribution in [3.63, 3.8) is 0 Å². The van der Waals surface area contributed by atoms with Gasteiger partial charge in [-0.3, -0.25) is 4.79 Å². The molecule has 2 N–H and O–H groups in total. The number of likely N-dealkylation sites (tertiary alicyclic amines) is 1. The fourth-order valence-electron chi connectivity index (χ4n) is 3.02. The number of rotatable bonds is 3. The number of halogens is 1. The van der Waals surface area contributed by atoms with E-state index in [0.717, 1.165) is 37.2 Å². The zero-order chi connectivity index (χ0) is 18.5. The summed E-state index contributed by atoms with van der Waals surface area (Å²) < 4.78 is 13.0. The lowest BCUT2D eigenvalue weighted by Gasteiger charge is -2.34. The van der Waals surface area contributed by atoms with Gasteiger partial charge in [-0.05, 0) is 68.4 Å². The fraction of sp³-hybridized carbons (Fsp3) is 0.300. The second-order valence-corrected chi connectivity index (χ2v) is 6.93. The number of benzene rings is 2. The van der Waals surface area contributed by atoms with E-state index in [4.69, 9.17) is 12.2 Å². The smallest absolute Gasteiger partial charge is 0.251 e. The summed E-state index contributed by atoms with van der Waals surface area (Å²) in [6.45, 7) is 3.52. The van der Waals surface area contributed by atoms with Crippen LogP contribution < -0.4 is 10.6 Å². The molecular formula is C20H22FN3OS. The molecule has 26 heavy (non-hydrogen) atoms. The van der Waals surface area contributed by atoms with Gasteiger partial charge in [-0.1, -0.05) is 17.7 Å². The Kier molecular flexibility index (Phi) is 5.83. The highest BCUT2D eigenvalue weighted by atomic mass is 32.1. The number of thiocarbonyl (C=S) groups is 1. The summed E-state index contributed by atoms with van der Waals surface area (Å²) in [5.41, 5.74) is 2.54. The van der Waals surface area contributed by atoms with Crippen molar-refractivity contribution in [2.75, 3.05) is 18.4 Å². The van der Waals surface area contributed by atoms with Crippen LogP contribution in [0.4, 0.5) is 10.1 Å². The first-order valence-electron chi connectivity index (χ1n) is 8.70. The zero-order valence-corrected chi connectivity index (χ0v) is 15.5. The monoisotopic (exact) mass is 371 g/mol. The summed E-state index contributed by atoms with van der Waals surface area (Å²) in [5.74, 6) is -0.300. The van der Waals surface area contributed by atoms with Crippen LogP contribution in [0.15, 0.2) is 48.5 Å². The van der Waals surface area contributed by atoms with Crippen molar-refractivity contribution in [3.8, 4) is 0 Å². The highest BCUT2D eigenvalue weighted by Gasteiger charge is 2.22. The molecule has 0 spiro atoms. The van der Waals surface area contributed by atoms with Crippen LogP contribution in [0.3, 0.4) is 0 Å². The predicted molar refractivity (Wildman–Crippen MR) is 106 cm³/mol. The van der Waals surface area contributed by atoms with Gasteiger partial charge < -0.3 is 15.5 Å². The van der Waals surface area contributed by atoms with Crippen LogP contribution in [0.1, 0.15) is 28.8 Å². The van der Waals surface area contributed by atoms with Gasteiger partial charge in [-0.2, -0.15) is 0 Å². The number of hydrogen-bond acceptors (Lipinski definition) is 2. The Morgan fingerprint density at radius 3 is 2.50 bits per heavy atom. The summed E-state index contributed by atoms with van der Waals surface area (Å²) in [5, 5.41) is 6.86. The van der Waals surface area contributed by atoms with Crippen molar-refractivity contribution in [3.05, 3.63) is 65.5 Å². The van der Waals surface area contributed by atoms with Gasteiger partial charge in [0.05, 0.1) is 0 Å². The minimum atomic E-state index is -0.272. The molecule has 0 atom stereocenters. The third-order valence-electron chi connectivity index (χ3n) is 4.49. The highest BCUT2D eigenvalue weighted by Crippen LogP contribution is 2.15. The predicted octanol–water partition coefficient (Wildman–Crippen LogP) is 3.73. The van der Waals surface area contributed by atoms with Gasteiger partial charge in [-0.25, -0.2) is 4.39 Å². The van der Waals surface area contributed by atoms with E-state index in [1.165, 1.54) is 12.1 Å². The van der Waals surface area contributed by atoms with Gasteiger partial charge in [0.15, 0.2) is 5.11 Å². The van der Waals surface area contributed by atoms with Crippen molar-refractivity contribution in [1.29, 1.82) is 0 Å². The zero-order valence-electron chi connectivity index (χ0n) is 14.7. The lowest BCUT2D eigenvalue weighted by Crippen LogP contribution is -2.47. The second-order valence-electron chi connectivity index (χ2n) is 6.54. The summed E-state index contributed by atoms with van der Waals surface area (Å²) in [4.78, 5) is 14.4. The third-order valence-corrected chi connectivity index (χ3v) is 4.85. The number of carbonyl (C=O) groups is 1. The maximum absolute atomic E-state index is 13.0. The number of anilines is 1. The molecule has 0 saturated carbocycles. The van der Waals surface area contributed by atoms with Crippen molar-refractivity contribution in [2.24, 2.45) is 0 Å². The number of aryl methyl sites for hydroxylation is 1.